The minimum absolute atomic E-state index is 0.0926. The summed E-state index contributed by atoms with van der Waals surface area (Å²) in [6.07, 6.45) is 5.92. The SMILES string of the molecule is O=C1CCC(N2Cc3ccc(-n4cc(C(=O)NC5(CO)CCCC6CC65)nn4)cc3C2=O)C(=O)N1. The molecule has 1 aromatic heterocycles. The number of nitrogens with zero attached hydrogens (tertiary/aromatic N) is 4. The highest BCUT2D eigenvalue weighted by molar-refractivity contribution is 6.05. The van der Waals surface area contributed by atoms with Crippen LogP contribution in [0.1, 0.15) is 64.9 Å². The molecule has 4 atom stereocenters. The standard InChI is InChI=1S/C24H26N6O5/c31-12-24(7-1-2-13-8-17(13)24)26-21(33)18-11-30(28-27-18)15-4-3-14-10-29(23(35)16(14)9-15)19-5-6-20(32)25-22(19)34/h3-4,9,11,13,17,19,31H,1-2,5-8,10,12H2,(H,26,33)(H,25,32,34). The molecule has 35 heavy (non-hydrogen) atoms. The monoisotopic (exact) mass is 478 g/mol. The Morgan fingerprint density at radius 3 is 2.91 bits per heavy atom. The van der Waals surface area contributed by atoms with Crippen molar-refractivity contribution in [2.24, 2.45) is 11.8 Å². The smallest absolute Gasteiger partial charge is 0.274 e. The molecule has 4 amide bonds. The molecule has 4 aliphatic rings. The average Bonchev–Trinajstić information content (AvgIpc) is 3.37. The molecule has 2 aromatic rings. The lowest BCUT2D eigenvalue weighted by atomic mass is 9.81. The maximum Gasteiger partial charge on any atom is 0.274 e. The summed E-state index contributed by atoms with van der Waals surface area (Å²) in [5.74, 6) is -0.541. The van der Waals surface area contributed by atoms with Crippen molar-refractivity contribution in [1.29, 1.82) is 0 Å². The minimum atomic E-state index is -0.678. The second-order valence-corrected chi connectivity index (χ2v) is 10.1. The molecule has 0 spiro atoms. The van der Waals surface area contributed by atoms with Crippen molar-refractivity contribution in [3.05, 3.63) is 41.2 Å². The van der Waals surface area contributed by atoms with E-state index in [9.17, 15) is 24.3 Å². The van der Waals surface area contributed by atoms with Crippen LogP contribution >= 0.6 is 0 Å². The number of piperidine rings is 1. The number of aliphatic hydroxyl groups is 1. The van der Waals surface area contributed by atoms with Crippen molar-refractivity contribution >= 4 is 23.6 Å². The lowest BCUT2D eigenvalue weighted by Crippen LogP contribution is -2.54. The summed E-state index contributed by atoms with van der Waals surface area (Å²) in [5, 5.41) is 23.5. The molecule has 1 aromatic carbocycles. The maximum atomic E-state index is 13.1. The third-order valence-corrected chi connectivity index (χ3v) is 7.98. The van der Waals surface area contributed by atoms with Gasteiger partial charge in [-0.3, -0.25) is 24.5 Å². The number of hydrogen-bond acceptors (Lipinski definition) is 7. The largest absolute Gasteiger partial charge is 0.394 e. The molecule has 2 aliphatic carbocycles. The van der Waals surface area contributed by atoms with E-state index in [1.165, 1.54) is 15.8 Å². The van der Waals surface area contributed by atoms with E-state index in [0.29, 0.717) is 29.5 Å². The molecule has 2 saturated carbocycles. The quantitative estimate of drug-likeness (QED) is 0.524. The van der Waals surface area contributed by atoms with E-state index in [4.69, 9.17) is 0 Å². The van der Waals surface area contributed by atoms with Crippen molar-refractivity contribution < 1.29 is 24.3 Å². The Morgan fingerprint density at radius 1 is 1.26 bits per heavy atom. The number of carbonyl (C=O) groups is 4. The van der Waals surface area contributed by atoms with Gasteiger partial charge >= 0.3 is 0 Å². The number of nitrogens with one attached hydrogen (secondary N) is 2. The van der Waals surface area contributed by atoms with Crippen LogP contribution in [0.25, 0.3) is 5.69 Å². The fourth-order valence-corrected chi connectivity index (χ4v) is 5.97. The van der Waals surface area contributed by atoms with Gasteiger partial charge < -0.3 is 15.3 Å². The van der Waals surface area contributed by atoms with Crippen molar-refractivity contribution in [3.8, 4) is 5.69 Å². The molecule has 6 rings (SSSR count). The number of carbonyl (C=O) groups excluding carboxylic acids is 4. The van der Waals surface area contributed by atoms with E-state index in [1.54, 1.807) is 18.2 Å². The number of imide groups is 1. The molecular formula is C24H26N6O5. The van der Waals surface area contributed by atoms with Crippen LogP contribution in [-0.2, 0) is 16.1 Å². The van der Waals surface area contributed by atoms with Gasteiger partial charge in [0.2, 0.25) is 11.8 Å². The third-order valence-electron chi connectivity index (χ3n) is 7.98. The van der Waals surface area contributed by atoms with Gasteiger partial charge in [-0.05, 0) is 55.2 Å². The predicted octanol–water partition coefficient (Wildman–Crippen LogP) is 0.309. The molecule has 182 valence electrons. The topological polar surface area (TPSA) is 147 Å². The second kappa shape index (κ2) is 7.98. The minimum Gasteiger partial charge on any atom is -0.394 e. The first-order valence-electron chi connectivity index (χ1n) is 12.0. The Balaban J connectivity index is 1.19. The van der Waals surface area contributed by atoms with E-state index in [0.717, 1.165) is 31.2 Å². The number of fused-ring (bicyclic) bond motifs is 2. The van der Waals surface area contributed by atoms with Crippen LogP contribution in [0, 0.1) is 11.8 Å². The van der Waals surface area contributed by atoms with Gasteiger partial charge in [0.1, 0.15) is 6.04 Å². The van der Waals surface area contributed by atoms with Crippen LogP contribution in [0.5, 0.6) is 0 Å². The van der Waals surface area contributed by atoms with Crippen LogP contribution in [-0.4, -0.2) is 66.8 Å². The first-order valence-corrected chi connectivity index (χ1v) is 12.0. The van der Waals surface area contributed by atoms with Crippen LogP contribution < -0.4 is 10.6 Å². The molecular weight excluding hydrogens is 452 g/mol. The Labute approximate surface area is 200 Å². The summed E-state index contributed by atoms with van der Waals surface area (Å²) < 4.78 is 1.43. The highest BCUT2D eigenvalue weighted by Crippen LogP contribution is 2.54. The van der Waals surface area contributed by atoms with E-state index < -0.39 is 17.5 Å². The van der Waals surface area contributed by atoms with E-state index in [2.05, 4.69) is 20.9 Å². The third kappa shape index (κ3) is 3.61. The second-order valence-electron chi connectivity index (χ2n) is 10.1. The molecule has 4 unspecified atom stereocenters. The summed E-state index contributed by atoms with van der Waals surface area (Å²) >= 11 is 0. The van der Waals surface area contributed by atoms with Gasteiger partial charge in [0.05, 0.1) is 24.0 Å². The zero-order chi connectivity index (χ0) is 24.3. The zero-order valence-corrected chi connectivity index (χ0v) is 19.1. The Kier molecular flexibility index (Phi) is 4.99. The zero-order valence-electron chi connectivity index (χ0n) is 19.1. The van der Waals surface area contributed by atoms with E-state index >= 15 is 0 Å². The summed E-state index contributed by atoms with van der Waals surface area (Å²) in [6, 6.07) is 4.57. The molecule has 1 saturated heterocycles. The Bertz CT molecular complexity index is 1260. The summed E-state index contributed by atoms with van der Waals surface area (Å²) in [5.41, 5.74) is 1.34. The summed E-state index contributed by atoms with van der Waals surface area (Å²) in [4.78, 5) is 51.2. The first kappa shape index (κ1) is 21.9. The molecule has 3 N–H and O–H groups in total. The van der Waals surface area contributed by atoms with Crippen LogP contribution in [0.2, 0.25) is 0 Å². The number of aromatic nitrogens is 3. The van der Waals surface area contributed by atoms with Crippen LogP contribution in [0.4, 0.5) is 0 Å². The first-order chi connectivity index (χ1) is 16.9. The summed E-state index contributed by atoms with van der Waals surface area (Å²) in [7, 11) is 0. The molecule has 11 nitrogen and oxygen atoms in total. The molecule has 11 heteroatoms. The number of hydrogen-bond donors (Lipinski definition) is 3. The van der Waals surface area contributed by atoms with E-state index in [-0.39, 0.29) is 43.0 Å². The van der Waals surface area contributed by atoms with Gasteiger partial charge in [-0.25, -0.2) is 4.68 Å². The maximum absolute atomic E-state index is 13.1. The van der Waals surface area contributed by atoms with Gasteiger partial charge in [0, 0.05) is 18.5 Å². The molecule has 3 fully saturated rings. The fraction of sp³-hybridized carbons (Fsp3) is 0.500. The van der Waals surface area contributed by atoms with Crippen molar-refractivity contribution in [2.75, 3.05) is 6.61 Å². The average molecular weight is 479 g/mol. The highest BCUT2D eigenvalue weighted by Gasteiger charge is 2.55. The number of aliphatic hydroxyl groups excluding tert-OH is 1. The van der Waals surface area contributed by atoms with Crippen LogP contribution in [0.3, 0.4) is 0 Å². The number of rotatable bonds is 5. The molecule has 3 heterocycles. The Hall–Kier alpha value is -3.60. The lowest BCUT2D eigenvalue weighted by molar-refractivity contribution is -0.136. The number of amides is 4. The molecule has 0 radical (unpaired) electrons. The van der Waals surface area contributed by atoms with Gasteiger partial charge in [0.15, 0.2) is 5.69 Å². The fourth-order valence-electron chi connectivity index (χ4n) is 5.97. The number of benzene rings is 1. The molecule has 0 bridgehead atoms. The van der Waals surface area contributed by atoms with Gasteiger partial charge in [-0.15, -0.1) is 5.10 Å². The highest BCUT2D eigenvalue weighted by atomic mass is 16.3. The Morgan fingerprint density at radius 2 is 2.11 bits per heavy atom. The summed E-state index contributed by atoms with van der Waals surface area (Å²) in [6.45, 7) is 0.196. The van der Waals surface area contributed by atoms with Gasteiger partial charge in [0.25, 0.3) is 11.8 Å². The van der Waals surface area contributed by atoms with E-state index in [1.807, 2.05) is 0 Å². The van der Waals surface area contributed by atoms with Crippen molar-refractivity contribution in [2.45, 2.75) is 56.7 Å². The lowest BCUT2D eigenvalue weighted by Gasteiger charge is -2.36. The normalized spacial score (nSPS) is 29.5. The molecule has 2 aliphatic heterocycles. The van der Waals surface area contributed by atoms with Gasteiger partial charge in [-0.1, -0.05) is 17.7 Å². The van der Waals surface area contributed by atoms with Gasteiger partial charge in [-0.2, -0.15) is 0 Å². The van der Waals surface area contributed by atoms with Crippen molar-refractivity contribution in [1.82, 2.24) is 30.5 Å². The predicted molar refractivity (Wildman–Crippen MR) is 120 cm³/mol. The van der Waals surface area contributed by atoms with Crippen LogP contribution in [0.15, 0.2) is 24.4 Å². The van der Waals surface area contributed by atoms with Crippen molar-refractivity contribution in [3.63, 3.8) is 0 Å².